The third-order valence-corrected chi connectivity index (χ3v) is 2.34. The molecular weight excluding hydrogens is 192 g/mol. The van der Waals surface area contributed by atoms with Gasteiger partial charge in [-0.1, -0.05) is 0 Å². The van der Waals surface area contributed by atoms with Crippen LogP contribution in [0.4, 0.5) is 0 Å². The number of rotatable bonds is 2. The van der Waals surface area contributed by atoms with Gasteiger partial charge in [0.05, 0.1) is 7.11 Å². The van der Waals surface area contributed by atoms with Crippen molar-refractivity contribution in [1.82, 2.24) is 9.80 Å². The minimum absolute atomic E-state index is 0.0331. The quantitative estimate of drug-likeness (QED) is 0.434. The SMILES string of the molecule is COC(=O)CN1CC(=O)N(C)C1=S. The average Bonchev–Trinajstić information content (AvgIpc) is 2.34. The van der Waals surface area contributed by atoms with E-state index in [4.69, 9.17) is 12.2 Å². The molecule has 1 aliphatic heterocycles. The minimum atomic E-state index is -0.398. The van der Waals surface area contributed by atoms with Crippen LogP contribution in [0.2, 0.25) is 0 Å². The van der Waals surface area contributed by atoms with Gasteiger partial charge in [-0.05, 0) is 12.2 Å². The van der Waals surface area contributed by atoms with Crippen LogP contribution in [0, 0.1) is 0 Å². The lowest BCUT2D eigenvalue weighted by atomic mass is 10.5. The molecule has 0 aromatic rings. The number of hydrogen-bond acceptors (Lipinski definition) is 4. The standard InChI is InChI=1S/C7H10N2O3S/c1-8-5(10)3-9(7(8)13)4-6(11)12-2/h3-4H2,1-2H3. The monoisotopic (exact) mass is 202 g/mol. The highest BCUT2D eigenvalue weighted by Gasteiger charge is 2.30. The molecule has 0 aliphatic carbocycles. The van der Waals surface area contributed by atoms with Crippen LogP contribution in [0.1, 0.15) is 0 Å². The smallest absolute Gasteiger partial charge is 0.325 e. The molecule has 1 amide bonds. The van der Waals surface area contributed by atoms with E-state index in [-0.39, 0.29) is 19.0 Å². The lowest BCUT2D eigenvalue weighted by Gasteiger charge is -2.15. The molecule has 1 saturated heterocycles. The Labute approximate surface area is 81.2 Å². The number of thiocarbonyl (C=S) groups is 1. The van der Waals surface area contributed by atoms with Crippen LogP contribution in [-0.2, 0) is 14.3 Å². The van der Waals surface area contributed by atoms with E-state index in [9.17, 15) is 9.59 Å². The van der Waals surface area contributed by atoms with Crippen LogP contribution in [0.5, 0.6) is 0 Å². The van der Waals surface area contributed by atoms with Gasteiger partial charge < -0.3 is 9.64 Å². The normalized spacial score (nSPS) is 16.8. The van der Waals surface area contributed by atoms with Gasteiger partial charge in [0.1, 0.15) is 13.1 Å². The minimum Gasteiger partial charge on any atom is -0.468 e. The van der Waals surface area contributed by atoms with Gasteiger partial charge in [0.25, 0.3) is 0 Å². The van der Waals surface area contributed by atoms with E-state index in [0.29, 0.717) is 5.11 Å². The van der Waals surface area contributed by atoms with Gasteiger partial charge in [-0.15, -0.1) is 0 Å². The molecule has 1 aliphatic rings. The van der Waals surface area contributed by atoms with Crippen LogP contribution < -0.4 is 0 Å². The Morgan fingerprint density at radius 3 is 2.69 bits per heavy atom. The highest BCUT2D eigenvalue weighted by molar-refractivity contribution is 7.80. The van der Waals surface area contributed by atoms with Gasteiger partial charge in [0.2, 0.25) is 5.91 Å². The molecule has 1 fully saturated rings. The summed E-state index contributed by atoms with van der Waals surface area (Å²) in [6.07, 6.45) is 0. The number of amides is 1. The van der Waals surface area contributed by atoms with E-state index in [1.165, 1.54) is 16.9 Å². The highest BCUT2D eigenvalue weighted by atomic mass is 32.1. The van der Waals surface area contributed by atoms with Crippen molar-refractivity contribution in [2.75, 3.05) is 27.2 Å². The third-order valence-electron chi connectivity index (χ3n) is 1.81. The summed E-state index contributed by atoms with van der Waals surface area (Å²) in [7, 11) is 2.88. The first-order chi connectivity index (χ1) is 6.06. The molecular formula is C7H10N2O3S. The van der Waals surface area contributed by atoms with E-state index >= 15 is 0 Å². The molecule has 0 bridgehead atoms. The van der Waals surface area contributed by atoms with Crippen molar-refractivity contribution < 1.29 is 14.3 Å². The van der Waals surface area contributed by atoms with Crippen molar-refractivity contribution in [3.05, 3.63) is 0 Å². The first-order valence-corrected chi connectivity index (χ1v) is 4.09. The zero-order valence-corrected chi connectivity index (χ0v) is 8.26. The Morgan fingerprint density at radius 1 is 1.69 bits per heavy atom. The number of methoxy groups -OCH3 is 1. The fourth-order valence-corrected chi connectivity index (χ4v) is 1.23. The molecule has 0 unspecified atom stereocenters. The topological polar surface area (TPSA) is 49.9 Å². The van der Waals surface area contributed by atoms with Crippen LogP contribution in [0.3, 0.4) is 0 Å². The zero-order valence-electron chi connectivity index (χ0n) is 7.44. The predicted octanol–water partition coefficient (Wildman–Crippen LogP) is -0.782. The second kappa shape index (κ2) is 3.69. The number of carbonyl (C=O) groups is 2. The average molecular weight is 202 g/mol. The van der Waals surface area contributed by atoms with Crippen molar-refractivity contribution in [1.29, 1.82) is 0 Å². The molecule has 0 atom stereocenters. The molecule has 6 heteroatoms. The number of ether oxygens (including phenoxy) is 1. The van der Waals surface area contributed by atoms with Gasteiger partial charge in [0.15, 0.2) is 5.11 Å². The molecule has 0 spiro atoms. The summed E-state index contributed by atoms with van der Waals surface area (Å²) in [5.41, 5.74) is 0. The van der Waals surface area contributed by atoms with E-state index in [0.717, 1.165) is 0 Å². The molecule has 0 N–H and O–H groups in total. The summed E-state index contributed by atoms with van der Waals surface area (Å²) in [4.78, 5) is 24.8. The molecule has 5 nitrogen and oxygen atoms in total. The van der Waals surface area contributed by atoms with Gasteiger partial charge >= 0.3 is 5.97 Å². The first-order valence-electron chi connectivity index (χ1n) is 3.68. The van der Waals surface area contributed by atoms with Gasteiger partial charge in [-0.3, -0.25) is 14.5 Å². The van der Waals surface area contributed by atoms with Crippen LogP contribution in [0.25, 0.3) is 0 Å². The number of carbonyl (C=O) groups excluding carboxylic acids is 2. The maximum Gasteiger partial charge on any atom is 0.325 e. The molecule has 1 rings (SSSR count). The summed E-state index contributed by atoms with van der Waals surface area (Å²) in [6.45, 7) is 0.190. The Morgan fingerprint density at radius 2 is 2.31 bits per heavy atom. The predicted molar refractivity (Wildman–Crippen MR) is 49.0 cm³/mol. The zero-order chi connectivity index (χ0) is 10.0. The van der Waals surface area contributed by atoms with Crippen molar-refractivity contribution in [3.8, 4) is 0 Å². The first kappa shape index (κ1) is 9.91. The highest BCUT2D eigenvalue weighted by Crippen LogP contribution is 2.07. The number of esters is 1. The third kappa shape index (κ3) is 1.95. The van der Waals surface area contributed by atoms with Crippen LogP contribution in [-0.4, -0.2) is 54.0 Å². The summed E-state index contributed by atoms with van der Waals surface area (Å²) < 4.78 is 4.46. The van der Waals surface area contributed by atoms with E-state index in [1.54, 1.807) is 7.05 Å². The van der Waals surface area contributed by atoms with Crippen molar-refractivity contribution >= 4 is 29.2 Å². The summed E-state index contributed by atoms with van der Waals surface area (Å²) in [5, 5.41) is 0.371. The molecule has 72 valence electrons. The van der Waals surface area contributed by atoms with Crippen molar-refractivity contribution in [2.45, 2.75) is 0 Å². The van der Waals surface area contributed by atoms with Gasteiger partial charge in [-0.25, -0.2) is 0 Å². The summed E-state index contributed by atoms with van der Waals surface area (Å²) in [5.74, 6) is -0.501. The summed E-state index contributed by atoms with van der Waals surface area (Å²) in [6, 6.07) is 0. The van der Waals surface area contributed by atoms with Crippen molar-refractivity contribution in [3.63, 3.8) is 0 Å². The fraction of sp³-hybridized carbons (Fsp3) is 0.571. The molecule has 0 saturated carbocycles. The maximum absolute atomic E-state index is 11.1. The van der Waals surface area contributed by atoms with E-state index < -0.39 is 5.97 Å². The van der Waals surface area contributed by atoms with Gasteiger partial charge in [-0.2, -0.15) is 0 Å². The van der Waals surface area contributed by atoms with E-state index in [1.807, 2.05) is 0 Å². The molecule has 1 heterocycles. The lowest BCUT2D eigenvalue weighted by molar-refractivity contribution is -0.140. The number of nitrogens with zero attached hydrogens (tertiary/aromatic N) is 2. The Bertz CT molecular complexity index is 266. The Hall–Kier alpha value is -1.17. The lowest BCUT2D eigenvalue weighted by Crippen LogP contribution is -2.34. The molecule has 0 radical (unpaired) electrons. The van der Waals surface area contributed by atoms with Crippen molar-refractivity contribution in [2.24, 2.45) is 0 Å². The number of hydrogen-bond donors (Lipinski definition) is 0. The molecule has 13 heavy (non-hydrogen) atoms. The number of likely N-dealkylation sites (N-methyl/N-ethyl adjacent to an activating group) is 1. The van der Waals surface area contributed by atoms with E-state index in [2.05, 4.69) is 4.74 Å². The maximum atomic E-state index is 11.1. The Kier molecular flexibility index (Phi) is 2.82. The second-order valence-electron chi connectivity index (χ2n) is 2.67. The van der Waals surface area contributed by atoms with Gasteiger partial charge in [0, 0.05) is 7.05 Å². The van der Waals surface area contributed by atoms with Crippen LogP contribution >= 0.6 is 12.2 Å². The second-order valence-corrected chi connectivity index (χ2v) is 3.03. The molecule has 0 aromatic carbocycles. The summed E-state index contributed by atoms with van der Waals surface area (Å²) >= 11 is 4.93. The van der Waals surface area contributed by atoms with Crippen LogP contribution in [0.15, 0.2) is 0 Å². The molecule has 0 aromatic heterocycles. The Balaban J connectivity index is 2.59. The largest absolute Gasteiger partial charge is 0.468 e. The fourth-order valence-electron chi connectivity index (χ4n) is 1.000.